The Morgan fingerprint density at radius 2 is 1.90 bits per heavy atom. The Hall–Kier alpha value is -2.34. The molecule has 1 N–H and O–H groups in total. The van der Waals surface area contributed by atoms with Gasteiger partial charge in [0.25, 0.3) is 0 Å². The summed E-state index contributed by atoms with van der Waals surface area (Å²) in [6.45, 7) is 6.91. The number of carbonyl (C=O) groups is 1. The van der Waals surface area contributed by atoms with Crippen molar-refractivity contribution in [1.82, 2.24) is 9.80 Å². The fourth-order valence-corrected chi connectivity index (χ4v) is 4.64. The number of amides is 2. The van der Waals surface area contributed by atoms with Crippen molar-refractivity contribution in [3.05, 3.63) is 53.9 Å². The van der Waals surface area contributed by atoms with Crippen LogP contribution in [0.1, 0.15) is 44.1 Å². The van der Waals surface area contributed by atoms with Crippen molar-refractivity contribution < 1.29 is 9.53 Å². The molecule has 0 bridgehead atoms. The molecule has 2 heterocycles. The van der Waals surface area contributed by atoms with E-state index in [2.05, 4.69) is 34.5 Å². The molecule has 0 unspecified atom stereocenters. The first-order valence-corrected chi connectivity index (χ1v) is 11.8. The van der Waals surface area contributed by atoms with Gasteiger partial charge in [-0.3, -0.25) is 0 Å². The van der Waals surface area contributed by atoms with Crippen LogP contribution < -0.4 is 10.1 Å². The molecule has 1 aliphatic heterocycles. The Balaban J connectivity index is 1.19. The van der Waals surface area contributed by atoms with Crippen LogP contribution in [0.2, 0.25) is 0 Å². The summed E-state index contributed by atoms with van der Waals surface area (Å²) < 4.78 is 6.06. The predicted octanol–water partition coefficient (Wildman–Crippen LogP) is 4.72. The number of nitrogens with zero attached hydrogens (tertiary/aromatic N) is 2. The molecule has 2 aromatic rings. The van der Waals surface area contributed by atoms with Gasteiger partial charge in [-0.1, -0.05) is 32.1 Å². The number of hydrogen-bond donors (Lipinski definition) is 1. The summed E-state index contributed by atoms with van der Waals surface area (Å²) in [6, 6.07) is 12.3. The van der Waals surface area contributed by atoms with E-state index in [-0.39, 0.29) is 6.03 Å². The minimum absolute atomic E-state index is 0.0146. The molecular weight excluding hydrogens is 385 g/mol. The second-order valence-electron chi connectivity index (χ2n) is 8.85. The molecular formula is C25H34BN3O2. The van der Waals surface area contributed by atoms with E-state index in [0.29, 0.717) is 0 Å². The molecule has 0 spiro atoms. The Bertz CT molecular complexity index is 819. The van der Waals surface area contributed by atoms with E-state index in [1.165, 1.54) is 44.1 Å². The van der Waals surface area contributed by atoms with Gasteiger partial charge in [-0.15, -0.1) is 0 Å². The van der Waals surface area contributed by atoms with Gasteiger partial charge in [0.2, 0.25) is 0 Å². The zero-order valence-electron chi connectivity index (χ0n) is 18.5. The van der Waals surface area contributed by atoms with Gasteiger partial charge in [0.1, 0.15) is 0 Å². The fraction of sp³-hybridized carbons (Fsp3) is 0.520. The van der Waals surface area contributed by atoms with Crippen LogP contribution in [0.5, 0.6) is 5.75 Å². The quantitative estimate of drug-likeness (QED) is 0.706. The van der Waals surface area contributed by atoms with Crippen molar-refractivity contribution in [3.8, 4) is 5.75 Å². The Morgan fingerprint density at radius 1 is 1.06 bits per heavy atom. The summed E-state index contributed by atoms with van der Waals surface area (Å²) in [5.74, 6) is 5.70. The molecule has 1 saturated heterocycles. The molecule has 2 aliphatic rings. The number of urea groups is 1. The molecule has 2 amide bonds. The van der Waals surface area contributed by atoms with Crippen LogP contribution in [0.3, 0.4) is 0 Å². The monoisotopic (exact) mass is 419 g/mol. The number of carbonyl (C=O) groups excluding carboxylic acids is 1. The second-order valence-corrected chi connectivity index (χ2v) is 8.85. The van der Waals surface area contributed by atoms with Gasteiger partial charge < -0.3 is 4.74 Å². The molecule has 0 radical (unpaired) electrons. The fourth-order valence-electron chi connectivity index (χ4n) is 4.64. The van der Waals surface area contributed by atoms with Crippen LogP contribution in [0.15, 0.2) is 48.3 Å². The number of nitrogens with one attached hydrogen (secondary N) is 1. The Kier molecular flexibility index (Phi) is 8.00. The van der Waals surface area contributed by atoms with Crippen LogP contribution in [-0.2, 0) is 6.54 Å². The van der Waals surface area contributed by atoms with Gasteiger partial charge >= 0.3 is 125 Å². The first-order chi connectivity index (χ1) is 15.3. The van der Waals surface area contributed by atoms with Gasteiger partial charge in [-0.05, 0) is 18.4 Å². The maximum absolute atomic E-state index is 12.5. The summed E-state index contributed by atoms with van der Waals surface area (Å²) in [5, 5.41) is 2.98. The topological polar surface area (TPSA) is 44.8 Å². The van der Waals surface area contributed by atoms with Gasteiger partial charge in [0, 0.05) is 0 Å². The third-order valence-corrected chi connectivity index (χ3v) is 6.51. The number of rotatable bonds is 7. The van der Waals surface area contributed by atoms with Crippen LogP contribution in [0.4, 0.5) is 10.5 Å². The zero-order valence-corrected chi connectivity index (χ0v) is 18.5. The first-order valence-electron chi connectivity index (χ1n) is 11.8. The number of piperazine rings is 1. The first kappa shape index (κ1) is 21.9. The van der Waals surface area contributed by atoms with Crippen molar-refractivity contribution >= 4 is 18.6 Å². The summed E-state index contributed by atoms with van der Waals surface area (Å²) in [6.07, 6.45) is 8.11. The van der Waals surface area contributed by atoms with E-state index in [1.54, 1.807) is 0 Å². The van der Waals surface area contributed by atoms with Crippen molar-refractivity contribution in [1.29, 1.82) is 0 Å². The van der Waals surface area contributed by atoms with E-state index in [4.69, 9.17) is 4.74 Å². The third-order valence-electron chi connectivity index (χ3n) is 6.51. The molecule has 5 nitrogen and oxygen atoms in total. The van der Waals surface area contributed by atoms with E-state index < -0.39 is 0 Å². The second kappa shape index (κ2) is 11.3. The van der Waals surface area contributed by atoms with Crippen molar-refractivity contribution in [2.24, 2.45) is 5.92 Å². The van der Waals surface area contributed by atoms with Crippen LogP contribution >= 0.6 is 0 Å². The zero-order chi connectivity index (χ0) is 21.3. The number of benzene rings is 1. The summed E-state index contributed by atoms with van der Waals surface area (Å²) in [7, 11) is 0. The van der Waals surface area contributed by atoms with Crippen LogP contribution in [0, 0.1) is 5.92 Å². The molecule has 4 rings (SSSR count). The number of hydrogen-bond acceptors (Lipinski definition) is 3. The van der Waals surface area contributed by atoms with Crippen molar-refractivity contribution in [2.45, 2.75) is 45.1 Å². The van der Waals surface area contributed by atoms with Crippen molar-refractivity contribution in [3.63, 3.8) is 0 Å². The molecule has 164 valence electrons. The molecule has 31 heavy (non-hydrogen) atoms. The Labute approximate surface area is 187 Å². The normalized spacial score (nSPS) is 17.9. The predicted molar refractivity (Wildman–Crippen MR) is 127 cm³/mol. The van der Waals surface area contributed by atoms with Gasteiger partial charge in [-0.2, -0.15) is 0 Å². The third kappa shape index (κ3) is 6.83. The molecule has 1 aromatic carbocycles. The Morgan fingerprint density at radius 3 is 2.68 bits per heavy atom. The van der Waals surface area contributed by atoms with Crippen LogP contribution in [0.25, 0.3) is 0 Å². The van der Waals surface area contributed by atoms with Gasteiger partial charge in [-0.25, -0.2) is 0 Å². The average molecular weight is 419 g/mol. The molecule has 2 fully saturated rings. The van der Waals surface area contributed by atoms with E-state index >= 15 is 0 Å². The minimum atomic E-state index is -0.0146. The molecule has 1 aromatic heterocycles. The molecule has 1 saturated carbocycles. The van der Waals surface area contributed by atoms with E-state index in [9.17, 15) is 4.79 Å². The number of anilines is 1. The molecule has 1 aliphatic carbocycles. The molecule has 6 heteroatoms. The maximum atomic E-state index is 12.5. The van der Waals surface area contributed by atoms with Crippen molar-refractivity contribution in [2.75, 3.05) is 38.1 Å². The summed E-state index contributed by atoms with van der Waals surface area (Å²) in [4.78, 5) is 16.8. The molecule has 0 atom stereocenters. The summed E-state index contributed by atoms with van der Waals surface area (Å²) in [5.41, 5.74) is 2.12. The SMILES string of the molecule is O=C(Nc1cbccc1)N1CCN(Cc2cccc(OCCC3CCCCC3)c2)CC1. The van der Waals surface area contributed by atoms with Crippen LogP contribution in [-0.4, -0.2) is 55.5 Å². The average Bonchev–Trinajstić information content (AvgIpc) is 2.81. The van der Waals surface area contributed by atoms with E-state index in [0.717, 1.165) is 56.7 Å². The summed E-state index contributed by atoms with van der Waals surface area (Å²) >= 11 is 0. The van der Waals surface area contributed by atoms with Gasteiger partial charge in [0.05, 0.1) is 6.61 Å². The van der Waals surface area contributed by atoms with Gasteiger partial charge in [0.15, 0.2) is 0 Å². The van der Waals surface area contributed by atoms with E-state index in [1.807, 2.05) is 35.9 Å². The standard InChI is InChI=1S/C25H34BN3O2/c30-25(27-23-9-5-12-26-19-23)29-15-13-28(14-16-29)20-22-8-4-10-24(18-22)31-17-11-21-6-2-1-3-7-21/h4-5,8-10,12,18-19,21H,1-3,6-7,11,13-17,20H2,(H,27,30). The number of ether oxygens (including phenoxy) is 1.